The fraction of sp³-hybridized carbons (Fsp3) is 0.400. The molecule has 2 heteroatoms. The first-order chi connectivity index (χ1) is 5.81. The van der Waals surface area contributed by atoms with Gasteiger partial charge in [-0.3, -0.25) is 0 Å². The second-order valence-corrected chi connectivity index (χ2v) is 4.18. The van der Waals surface area contributed by atoms with Crippen LogP contribution in [0.4, 0.5) is 0 Å². The number of thiophene rings is 1. The Bertz CT molecular complexity index is 343. The van der Waals surface area contributed by atoms with Crippen LogP contribution in [0.1, 0.15) is 31.9 Å². The topological polar surface area (TPSA) is 15.8 Å². The Morgan fingerprint density at radius 3 is 3.08 bits per heavy atom. The van der Waals surface area contributed by atoms with Crippen LogP contribution in [0.25, 0.3) is 10.2 Å². The molecule has 12 heavy (non-hydrogen) atoms. The minimum absolute atomic E-state index is 0.657. The molecule has 0 spiro atoms. The van der Waals surface area contributed by atoms with Crippen molar-refractivity contribution >= 4 is 21.6 Å². The van der Waals surface area contributed by atoms with Crippen molar-refractivity contribution in [2.75, 3.05) is 0 Å². The fourth-order valence-electron chi connectivity index (χ4n) is 1.35. The predicted octanol–water partition coefficient (Wildman–Crippen LogP) is 3.74. The molecule has 0 saturated heterocycles. The average Bonchev–Trinajstić information content (AvgIpc) is 2.60. The molecule has 0 bridgehead atoms. The van der Waals surface area contributed by atoms with Gasteiger partial charge in [-0.05, 0) is 29.9 Å². The molecule has 64 valence electrons. The molecule has 2 heterocycles. The first kappa shape index (κ1) is 7.87. The first-order valence-electron chi connectivity index (χ1n) is 4.37. The Hall–Kier alpha value is -0.760. The molecule has 1 N–H and O–H groups in total. The number of nitrogens with one attached hydrogen (secondary N) is 1. The summed E-state index contributed by atoms with van der Waals surface area (Å²) in [6, 6.07) is 4.42. The van der Waals surface area contributed by atoms with E-state index in [2.05, 4.69) is 36.3 Å². The zero-order valence-electron chi connectivity index (χ0n) is 7.42. The highest BCUT2D eigenvalue weighted by molar-refractivity contribution is 7.17. The highest BCUT2D eigenvalue weighted by Gasteiger charge is 2.06. The second-order valence-electron chi connectivity index (χ2n) is 3.23. The van der Waals surface area contributed by atoms with Crippen LogP contribution in [-0.4, -0.2) is 4.98 Å². The first-order valence-corrected chi connectivity index (χ1v) is 5.25. The standard InChI is InChI=1S/C10H13NS/c1-3-7(2)9-6-10-8(11-9)4-5-12-10/h4-7,11H,3H2,1-2H3. The van der Waals surface area contributed by atoms with E-state index < -0.39 is 0 Å². The van der Waals surface area contributed by atoms with Crippen molar-refractivity contribution in [2.45, 2.75) is 26.2 Å². The maximum absolute atomic E-state index is 3.44. The molecular weight excluding hydrogens is 166 g/mol. The summed E-state index contributed by atoms with van der Waals surface area (Å²) in [5, 5.41) is 2.13. The molecule has 0 amide bonds. The van der Waals surface area contributed by atoms with E-state index in [-0.39, 0.29) is 0 Å². The molecule has 0 aliphatic heterocycles. The van der Waals surface area contributed by atoms with Crippen LogP contribution in [0.2, 0.25) is 0 Å². The van der Waals surface area contributed by atoms with Crippen LogP contribution in [0.15, 0.2) is 17.5 Å². The Kier molecular flexibility index (Phi) is 1.93. The highest BCUT2D eigenvalue weighted by atomic mass is 32.1. The highest BCUT2D eigenvalue weighted by Crippen LogP contribution is 2.26. The van der Waals surface area contributed by atoms with Gasteiger partial charge in [-0.1, -0.05) is 13.8 Å². The molecular formula is C10H13NS. The summed E-state index contributed by atoms with van der Waals surface area (Å²) < 4.78 is 1.38. The summed E-state index contributed by atoms with van der Waals surface area (Å²) in [5.74, 6) is 0.657. The summed E-state index contributed by atoms with van der Waals surface area (Å²) in [6.45, 7) is 4.48. The summed E-state index contributed by atoms with van der Waals surface area (Å²) in [7, 11) is 0. The molecule has 1 nitrogen and oxygen atoms in total. The Balaban J connectivity index is 2.44. The van der Waals surface area contributed by atoms with Gasteiger partial charge in [0.15, 0.2) is 0 Å². The van der Waals surface area contributed by atoms with Gasteiger partial charge in [0.1, 0.15) is 0 Å². The second kappa shape index (κ2) is 2.94. The van der Waals surface area contributed by atoms with Crippen molar-refractivity contribution in [2.24, 2.45) is 0 Å². The van der Waals surface area contributed by atoms with E-state index >= 15 is 0 Å². The molecule has 1 atom stereocenters. The number of rotatable bonds is 2. The number of fused-ring (bicyclic) bond motifs is 1. The zero-order valence-corrected chi connectivity index (χ0v) is 8.24. The van der Waals surface area contributed by atoms with Gasteiger partial charge >= 0.3 is 0 Å². The molecule has 0 fully saturated rings. The van der Waals surface area contributed by atoms with Crippen molar-refractivity contribution in [3.05, 3.63) is 23.2 Å². The van der Waals surface area contributed by atoms with Gasteiger partial charge in [0.2, 0.25) is 0 Å². The quantitative estimate of drug-likeness (QED) is 0.722. The molecule has 2 aromatic heterocycles. The van der Waals surface area contributed by atoms with Gasteiger partial charge in [0, 0.05) is 5.69 Å². The van der Waals surface area contributed by atoms with Crippen LogP contribution in [0.3, 0.4) is 0 Å². The third-order valence-electron chi connectivity index (χ3n) is 2.40. The Morgan fingerprint density at radius 1 is 1.58 bits per heavy atom. The number of aromatic nitrogens is 1. The Labute approximate surface area is 76.4 Å². The van der Waals surface area contributed by atoms with Gasteiger partial charge in [-0.25, -0.2) is 0 Å². The van der Waals surface area contributed by atoms with E-state index in [9.17, 15) is 0 Å². The maximum atomic E-state index is 3.44. The summed E-state index contributed by atoms with van der Waals surface area (Å²) in [6.07, 6.45) is 1.20. The molecule has 0 radical (unpaired) electrons. The van der Waals surface area contributed by atoms with Gasteiger partial charge < -0.3 is 4.98 Å². The molecule has 2 aromatic rings. The molecule has 0 aliphatic rings. The van der Waals surface area contributed by atoms with Gasteiger partial charge in [-0.15, -0.1) is 11.3 Å². The molecule has 1 unspecified atom stereocenters. The lowest BCUT2D eigenvalue weighted by atomic mass is 10.1. The van der Waals surface area contributed by atoms with Crippen molar-refractivity contribution in [3.63, 3.8) is 0 Å². The van der Waals surface area contributed by atoms with E-state index in [1.807, 2.05) is 0 Å². The lowest BCUT2D eigenvalue weighted by Gasteiger charge is -2.03. The average molecular weight is 179 g/mol. The third kappa shape index (κ3) is 1.16. The van der Waals surface area contributed by atoms with E-state index in [1.165, 1.54) is 22.3 Å². The maximum Gasteiger partial charge on any atom is 0.0565 e. The normalized spacial score (nSPS) is 13.8. The summed E-state index contributed by atoms with van der Waals surface area (Å²) in [4.78, 5) is 3.44. The van der Waals surface area contributed by atoms with E-state index in [0.29, 0.717) is 5.92 Å². The monoisotopic (exact) mass is 179 g/mol. The van der Waals surface area contributed by atoms with Crippen LogP contribution >= 0.6 is 11.3 Å². The van der Waals surface area contributed by atoms with Gasteiger partial charge in [0.25, 0.3) is 0 Å². The summed E-state index contributed by atoms with van der Waals surface area (Å²) >= 11 is 1.80. The van der Waals surface area contributed by atoms with Crippen molar-refractivity contribution in [3.8, 4) is 0 Å². The van der Waals surface area contributed by atoms with Crippen molar-refractivity contribution in [1.29, 1.82) is 0 Å². The Morgan fingerprint density at radius 2 is 2.42 bits per heavy atom. The lowest BCUT2D eigenvalue weighted by molar-refractivity contribution is 0.715. The van der Waals surface area contributed by atoms with E-state index in [4.69, 9.17) is 0 Å². The van der Waals surface area contributed by atoms with Crippen LogP contribution in [-0.2, 0) is 0 Å². The number of hydrogen-bond acceptors (Lipinski definition) is 1. The smallest absolute Gasteiger partial charge is 0.0565 e. The van der Waals surface area contributed by atoms with E-state index in [1.54, 1.807) is 11.3 Å². The number of hydrogen-bond donors (Lipinski definition) is 1. The molecule has 2 rings (SSSR count). The van der Waals surface area contributed by atoms with Crippen LogP contribution < -0.4 is 0 Å². The largest absolute Gasteiger partial charge is 0.357 e. The minimum atomic E-state index is 0.657. The summed E-state index contributed by atoms with van der Waals surface area (Å²) in [5.41, 5.74) is 2.66. The van der Waals surface area contributed by atoms with Gasteiger partial charge in [0.05, 0.1) is 10.2 Å². The number of H-pyrrole nitrogens is 1. The third-order valence-corrected chi connectivity index (χ3v) is 3.27. The molecule has 0 aromatic carbocycles. The minimum Gasteiger partial charge on any atom is -0.357 e. The lowest BCUT2D eigenvalue weighted by Crippen LogP contribution is -1.89. The van der Waals surface area contributed by atoms with Crippen molar-refractivity contribution in [1.82, 2.24) is 4.98 Å². The fourth-order valence-corrected chi connectivity index (χ4v) is 2.15. The molecule has 0 aliphatic carbocycles. The predicted molar refractivity (Wildman–Crippen MR) is 54.9 cm³/mol. The molecule has 0 saturated carbocycles. The van der Waals surface area contributed by atoms with Crippen molar-refractivity contribution < 1.29 is 0 Å². The van der Waals surface area contributed by atoms with Gasteiger partial charge in [-0.2, -0.15) is 0 Å². The van der Waals surface area contributed by atoms with E-state index in [0.717, 1.165) is 0 Å². The van der Waals surface area contributed by atoms with Crippen LogP contribution in [0, 0.1) is 0 Å². The zero-order chi connectivity index (χ0) is 8.55. The SMILES string of the molecule is CCC(C)c1cc2sccc2[nH]1. The number of aromatic amines is 1. The van der Waals surface area contributed by atoms with Crippen LogP contribution in [0.5, 0.6) is 0 Å².